The number of hydrogen-bond acceptors (Lipinski definition) is 6. The number of benzene rings is 2. The first kappa shape index (κ1) is 22.2. The Morgan fingerprint density at radius 1 is 1.11 bits per heavy atom. The van der Waals surface area contributed by atoms with Crippen molar-refractivity contribution < 1.29 is 14.3 Å². The highest BCUT2D eigenvalue weighted by Gasteiger charge is 2.26. The number of rotatable bonds is 5. The Balaban J connectivity index is 1.38. The number of anilines is 1. The third-order valence-corrected chi connectivity index (χ3v) is 6.95. The van der Waals surface area contributed by atoms with Gasteiger partial charge in [0.25, 0.3) is 0 Å². The molecule has 182 valence electrons. The molecule has 9 heteroatoms. The zero-order chi connectivity index (χ0) is 24.8. The molecule has 6 rings (SSSR count). The molecule has 0 unspecified atom stereocenters. The lowest BCUT2D eigenvalue weighted by molar-refractivity contribution is -0.184. The minimum atomic E-state index is -0.816. The maximum absolute atomic E-state index is 12.1. The highest BCUT2D eigenvalue weighted by molar-refractivity contribution is 6.03. The molecule has 1 saturated heterocycles. The van der Waals surface area contributed by atoms with Crippen LogP contribution in [0.4, 0.5) is 10.3 Å². The van der Waals surface area contributed by atoms with Crippen molar-refractivity contribution in [1.29, 1.82) is 0 Å². The molecule has 0 N–H and O–H groups in total. The Morgan fingerprint density at radius 2 is 1.97 bits per heavy atom. The standard InChI is InChI=1S/C27H25FN6O2/c1-17-5-3-7-21-26(20-6-4-8-23-22(20)16-32(2)30-23)31-34(27(17)21)19-9-10-24(29-14-19)33-12-11-18(15-33)13-25(35)36-28/h3-10,14,16,18H,11-13,15H2,1-2H3/t18-/m1/s1. The molecule has 1 fully saturated rings. The Labute approximate surface area is 206 Å². The molecule has 5 aromatic rings. The SMILES string of the molecule is Cc1cccc2c(-c3cccc4nn(C)cc34)nn(-c3ccc(N4CC[C@H](CC(=O)OF)C4)nc3)c12. The van der Waals surface area contributed by atoms with Gasteiger partial charge in [0.05, 0.1) is 29.3 Å². The van der Waals surface area contributed by atoms with Crippen LogP contribution in [0.2, 0.25) is 0 Å². The van der Waals surface area contributed by atoms with Gasteiger partial charge in [0.2, 0.25) is 0 Å². The molecule has 2 aromatic carbocycles. The molecule has 0 bridgehead atoms. The summed E-state index contributed by atoms with van der Waals surface area (Å²) < 4.78 is 15.9. The molecule has 4 heterocycles. The first-order valence-corrected chi connectivity index (χ1v) is 12.0. The van der Waals surface area contributed by atoms with E-state index in [1.165, 1.54) is 0 Å². The number of halogens is 1. The van der Waals surface area contributed by atoms with E-state index in [1.807, 2.05) is 53.1 Å². The van der Waals surface area contributed by atoms with E-state index >= 15 is 0 Å². The molecule has 0 radical (unpaired) electrons. The highest BCUT2D eigenvalue weighted by Crippen LogP contribution is 2.35. The van der Waals surface area contributed by atoms with Crippen LogP contribution in [0.3, 0.4) is 0 Å². The van der Waals surface area contributed by atoms with Gasteiger partial charge in [-0.15, -0.1) is 0 Å². The molecule has 8 nitrogen and oxygen atoms in total. The number of hydrogen-bond donors (Lipinski definition) is 0. The van der Waals surface area contributed by atoms with Crippen molar-refractivity contribution in [2.75, 3.05) is 18.0 Å². The quantitative estimate of drug-likeness (QED) is 0.352. The second kappa shape index (κ2) is 8.75. The topological polar surface area (TPSA) is 78.1 Å². The lowest BCUT2D eigenvalue weighted by Crippen LogP contribution is -2.21. The summed E-state index contributed by atoms with van der Waals surface area (Å²) in [5.74, 6) is 0.0671. The Bertz CT molecular complexity index is 1590. The lowest BCUT2D eigenvalue weighted by atomic mass is 10.0. The van der Waals surface area contributed by atoms with Crippen molar-refractivity contribution >= 4 is 33.6 Å². The van der Waals surface area contributed by atoms with Gasteiger partial charge < -0.3 is 4.90 Å². The van der Waals surface area contributed by atoms with E-state index in [4.69, 9.17) is 10.1 Å². The zero-order valence-corrected chi connectivity index (χ0v) is 20.1. The summed E-state index contributed by atoms with van der Waals surface area (Å²) >= 11 is 0. The van der Waals surface area contributed by atoms with Gasteiger partial charge in [-0.3, -0.25) is 9.62 Å². The molecule has 0 amide bonds. The van der Waals surface area contributed by atoms with E-state index in [2.05, 4.69) is 46.1 Å². The van der Waals surface area contributed by atoms with E-state index in [-0.39, 0.29) is 12.3 Å². The van der Waals surface area contributed by atoms with E-state index in [0.717, 1.165) is 63.1 Å². The van der Waals surface area contributed by atoms with Crippen molar-refractivity contribution in [3.8, 4) is 16.9 Å². The molecule has 0 spiro atoms. The molecule has 1 aliphatic rings. The molecule has 1 atom stereocenters. The van der Waals surface area contributed by atoms with Gasteiger partial charge in [-0.05, 0) is 43.0 Å². The van der Waals surface area contributed by atoms with Crippen molar-refractivity contribution in [2.24, 2.45) is 13.0 Å². The van der Waals surface area contributed by atoms with Crippen molar-refractivity contribution in [3.63, 3.8) is 0 Å². The lowest BCUT2D eigenvalue weighted by Gasteiger charge is -2.17. The van der Waals surface area contributed by atoms with E-state index in [1.54, 1.807) is 0 Å². The van der Waals surface area contributed by atoms with Crippen LogP contribution in [0.15, 0.2) is 60.9 Å². The molecular weight excluding hydrogens is 459 g/mol. The summed E-state index contributed by atoms with van der Waals surface area (Å²) in [5, 5.41) is 11.8. The van der Waals surface area contributed by atoms with Crippen molar-refractivity contribution in [2.45, 2.75) is 19.8 Å². The van der Waals surface area contributed by atoms with Crippen LogP contribution in [0.1, 0.15) is 18.4 Å². The normalized spacial score (nSPS) is 15.8. The third kappa shape index (κ3) is 3.77. The monoisotopic (exact) mass is 484 g/mol. The summed E-state index contributed by atoms with van der Waals surface area (Å²) in [6.07, 6.45) is 4.73. The molecule has 0 aliphatic carbocycles. The summed E-state index contributed by atoms with van der Waals surface area (Å²) in [7, 11) is 1.92. The minimum Gasteiger partial charge on any atom is -0.356 e. The second-order valence-electron chi connectivity index (χ2n) is 9.40. The summed E-state index contributed by atoms with van der Waals surface area (Å²) in [5.41, 5.74) is 5.89. The van der Waals surface area contributed by atoms with Gasteiger partial charge in [-0.1, -0.05) is 30.3 Å². The van der Waals surface area contributed by atoms with E-state index in [0.29, 0.717) is 6.54 Å². The van der Waals surface area contributed by atoms with Gasteiger partial charge in [-0.25, -0.2) is 14.5 Å². The fraction of sp³-hybridized carbons (Fsp3) is 0.259. The zero-order valence-electron chi connectivity index (χ0n) is 20.1. The first-order chi connectivity index (χ1) is 17.5. The molecule has 3 aromatic heterocycles. The van der Waals surface area contributed by atoms with Crippen LogP contribution in [0.5, 0.6) is 0 Å². The number of para-hydroxylation sites is 1. The van der Waals surface area contributed by atoms with E-state index in [9.17, 15) is 9.32 Å². The summed E-state index contributed by atoms with van der Waals surface area (Å²) in [6, 6.07) is 16.3. The number of aromatic nitrogens is 5. The van der Waals surface area contributed by atoms with Gasteiger partial charge in [0.15, 0.2) is 0 Å². The maximum Gasteiger partial charge on any atom is 0.349 e. The van der Waals surface area contributed by atoms with Crippen LogP contribution >= 0.6 is 0 Å². The number of nitrogens with zero attached hydrogens (tertiary/aromatic N) is 6. The third-order valence-electron chi connectivity index (χ3n) is 6.95. The predicted molar refractivity (Wildman–Crippen MR) is 135 cm³/mol. The Hall–Kier alpha value is -4.27. The van der Waals surface area contributed by atoms with Gasteiger partial charge in [-0.2, -0.15) is 10.2 Å². The smallest absolute Gasteiger partial charge is 0.349 e. The minimum absolute atomic E-state index is 0.0604. The van der Waals surface area contributed by atoms with Crippen molar-refractivity contribution in [3.05, 3.63) is 66.5 Å². The summed E-state index contributed by atoms with van der Waals surface area (Å²) in [6.45, 7) is 3.49. The summed E-state index contributed by atoms with van der Waals surface area (Å²) in [4.78, 5) is 21.4. The first-order valence-electron chi connectivity index (χ1n) is 12.0. The second-order valence-corrected chi connectivity index (χ2v) is 9.40. The van der Waals surface area contributed by atoms with Gasteiger partial charge >= 0.3 is 5.97 Å². The maximum atomic E-state index is 12.1. The van der Waals surface area contributed by atoms with Gasteiger partial charge in [0.1, 0.15) is 11.5 Å². The fourth-order valence-electron chi connectivity index (χ4n) is 5.25. The Morgan fingerprint density at radius 3 is 2.78 bits per heavy atom. The fourth-order valence-corrected chi connectivity index (χ4v) is 5.25. The van der Waals surface area contributed by atoms with Crippen molar-refractivity contribution in [1.82, 2.24) is 24.5 Å². The van der Waals surface area contributed by atoms with Gasteiger partial charge in [0, 0.05) is 47.2 Å². The van der Waals surface area contributed by atoms with Crippen LogP contribution in [0.25, 0.3) is 38.8 Å². The predicted octanol–water partition coefficient (Wildman–Crippen LogP) is 4.93. The molecule has 36 heavy (non-hydrogen) atoms. The van der Waals surface area contributed by atoms with Crippen LogP contribution in [-0.4, -0.2) is 43.6 Å². The molecule has 1 aliphatic heterocycles. The highest BCUT2D eigenvalue weighted by atomic mass is 19.3. The number of carbonyl (C=O) groups excluding carboxylic acids is 1. The largest absolute Gasteiger partial charge is 0.356 e. The van der Waals surface area contributed by atoms with Crippen LogP contribution in [0, 0.1) is 12.8 Å². The van der Waals surface area contributed by atoms with E-state index < -0.39 is 5.97 Å². The average Bonchev–Trinajstić information content (AvgIpc) is 3.60. The number of fused-ring (bicyclic) bond motifs is 2. The number of aryl methyl sites for hydroxylation is 2. The van der Waals surface area contributed by atoms with Crippen LogP contribution < -0.4 is 4.90 Å². The average molecular weight is 485 g/mol. The number of carbonyl (C=O) groups is 1. The number of pyridine rings is 1. The molecule has 0 saturated carbocycles. The molecular formula is C27H25FN6O2. The Kier molecular flexibility index (Phi) is 5.40. The van der Waals surface area contributed by atoms with Crippen LogP contribution in [-0.2, 0) is 16.8 Å².